The van der Waals surface area contributed by atoms with Gasteiger partial charge in [0, 0.05) is 45.9 Å². The van der Waals surface area contributed by atoms with Crippen molar-refractivity contribution >= 4 is 27.8 Å². The molecule has 5 heterocycles. The second-order valence-electron chi connectivity index (χ2n) is 7.11. The van der Waals surface area contributed by atoms with Crippen molar-refractivity contribution in [3.8, 4) is 22.6 Å². The van der Waals surface area contributed by atoms with Crippen molar-refractivity contribution < 1.29 is 0 Å². The van der Waals surface area contributed by atoms with Crippen LogP contribution in [0.2, 0.25) is 0 Å². The predicted octanol–water partition coefficient (Wildman–Crippen LogP) is 5.34. The average Bonchev–Trinajstić information content (AvgIpc) is 3.52. The fourth-order valence-corrected chi connectivity index (χ4v) is 4.42. The molecule has 2 N–H and O–H groups in total. The number of aromatic amines is 2. The summed E-state index contributed by atoms with van der Waals surface area (Å²) in [5.74, 6) is 0. The molecule has 5 aromatic rings. The Bertz CT molecular complexity index is 1380. The zero-order valence-electron chi connectivity index (χ0n) is 16.7. The molecule has 0 amide bonds. The summed E-state index contributed by atoms with van der Waals surface area (Å²) in [5.41, 5.74) is 7.95. The smallest absolute Gasteiger partial charge is 0.116 e. The largest absolute Gasteiger partial charge is 0.357 e. The Kier molecular flexibility index (Phi) is 4.44. The Morgan fingerprint density at radius 2 is 2.17 bits per heavy atom. The summed E-state index contributed by atoms with van der Waals surface area (Å²) in [5, 5.41) is 15.0. The highest BCUT2D eigenvalue weighted by atomic mass is 32.1. The molecule has 0 radical (unpaired) electrons. The third kappa shape index (κ3) is 3.09. The minimum atomic E-state index is 0.868. The van der Waals surface area contributed by atoms with E-state index in [4.69, 9.17) is 0 Å². The van der Waals surface area contributed by atoms with Crippen LogP contribution in [0.1, 0.15) is 16.1 Å². The molecule has 7 heteroatoms. The standard InChI is InChI=1S/C23H20N6S/c1-4-6-16(22-7-5-8-30-22)17-9-20(26-14(17)2)23-18-10-19(15-11-25-29(3)13-15)24-12-21(18)27-28-23/h4-13,26H,1H2,2-3H3,(H,27,28)/b16-6+. The lowest BCUT2D eigenvalue weighted by Crippen LogP contribution is -1.85. The maximum absolute atomic E-state index is 4.57. The number of hydrogen-bond donors (Lipinski definition) is 2. The number of pyridine rings is 1. The number of allylic oxidation sites excluding steroid dienone is 2. The molecule has 30 heavy (non-hydrogen) atoms. The van der Waals surface area contributed by atoms with Gasteiger partial charge in [-0.3, -0.25) is 14.8 Å². The topological polar surface area (TPSA) is 75.2 Å². The molecule has 148 valence electrons. The van der Waals surface area contributed by atoms with Gasteiger partial charge >= 0.3 is 0 Å². The van der Waals surface area contributed by atoms with Crippen molar-refractivity contribution in [3.63, 3.8) is 0 Å². The molecule has 0 fully saturated rings. The molecule has 0 atom stereocenters. The molecule has 0 unspecified atom stereocenters. The fourth-order valence-electron chi connectivity index (χ4n) is 3.65. The van der Waals surface area contributed by atoms with Gasteiger partial charge < -0.3 is 4.98 Å². The molecule has 0 aliphatic heterocycles. The minimum Gasteiger partial charge on any atom is -0.357 e. The summed E-state index contributed by atoms with van der Waals surface area (Å²) in [6, 6.07) is 8.40. The molecule has 0 saturated carbocycles. The number of hydrogen-bond acceptors (Lipinski definition) is 4. The molecule has 0 aliphatic rings. The van der Waals surface area contributed by atoms with Crippen molar-refractivity contribution in [2.75, 3.05) is 0 Å². The summed E-state index contributed by atoms with van der Waals surface area (Å²) in [6.45, 7) is 5.97. The lowest BCUT2D eigenvalue weighted by Gasteiger charge is -2.03. The molecular formula is C23H20N6S. The van der Waals surface area contributed by atoms with Gasteiger partial charge in [-0.25, -0.2) is 0 Å². The summed E-state index contributed by atoms with van der Waals surface area (Å²) < 4.78 is 1.77. The quantitative estimate of drug-likeness (QED) is 0.383. The SMILES string of the molecule is C=C/C=C(/c1cccs1)c1cc(-c2n[nH]c3cnc(-c4cnn(C)c4)cc23)[nH]c1C. The number of nitrogens with one attached hydrogen (secondary N) is 2. The van der Waals surface area contributed by atoms with Gasteiger partial charge in [0.2, 0.25) is 0 Å². The average molecular weight is 413 g/mol. The van der Waals surface area contributed by atoms with Crippen LogP contribution in [-0.2, 0) is 7.05 Å². The van der Waals surface area contributed by atoms with E-state index in [2.05, 4.69) is 74.5 Å². The van der Waals surface area contributed by atoms with Gasteiger partial charge in [-0.2, -0.15) is 10.2 Å². The van der Waals surface area contributed by atoms with Crippen LogP contribution in [0, 0.1) is 6.92 Å². The Labute approximate surface area is 177 Å². The van der Waals surface area contributed by atoms with Crippen LogP contribution < -0.4 is 0 Å². The summed E-state index contributed by atoms with van der Waals surface area (Å²) in [7, 11) is 1.90. The van der Waals surface area contributed by atoms with E-state index in [0.717, 1.165) is 50.4 Å². The van der Waals surface area contributed by atoms with Crippen LogP contribution in [0.3, 0.4) is 0 Å². The second kappa shape index (κ2) is 7.27. The number of nitrogens with zero attached hydrogens (tertiary/aromatic N) is 4. The number of fused-ring (bicyclic) bond motifs is 1. The second-order valence-corrected chi connectivity index (χ2v) is 8.05. The monoisotopic (exact) mass is 412 g/mol. The molecule has 0 aromatic carbocycles. The number of aromatic nitrogens is 6. The molecular weight excluding hydrogens is 392 g/mol. The van der Waals surface area contributed by atoms with Gasteiger partial charge in [-0.05, 0) is 30.5 Å². The van der Waals surface area contributed by atoms with Crippen LogP contribution >= 0.6 is 11.3 Å². The van der Waals surface area contributed by atoms with E-state index in [1.165, 1.54) is 4.88 Å². The van der Waals surface area contributed by atoms with Gasteiger partial charge in [0.1, 0.15) is 5.69 Å². The van der Waals surface area contributed by atoms with Crippen molar-refractivity contribution in [3.05, 3.63) is 83.1 Å². The third-order valence-corrected chi connectivity index (χ3v) is 5.98. The normalized spacial score (nSPS) is 12.0. The van der Waals surface area contributed by atoms with Gasteiger partial charge in [0.15, 0.2) is 0 Å². The number of aryl methyl sites for hydroxylation is 2. The van der Waals surface area contributed by atoms with Crippen molar-refractivity contribution in [1.29, 1.82) is 0 Å². The maximum atomic E-state index is 4.57. The first-order valence-corrected chi connectivity index (χ1v) is 10.4. The number of thiophene rings is 1. The van der Waals surface area contributed by atoms with Crippen LogP contribution in [0.15, 0.2) is 67.0 Å². The van der Waals surface area contributed by atoms with Crippen LogP contribution in [0.4, 0.5) is 0 Å². The molecule has 0 saturated heterocycles. The lowest BCUT2D eigenvalue weighted by molar-refractivity contribution is 0.768. The maximum Gasteiger partial charge on any atom is 0.116 e. The molecule has 0 bridgehead atoms. The summed E-state index contributed by atoms with van der Waals surface area (Å²) in [6.07, 6.45) is 9.48. The van der Waals surface area contributed by atoms with E-state index in [1.54, 1.807) is 16.0 Å². The molecule has 0 spiro atoms. The highest BCUT2D eigenvalue weighted by Gasteiger charge is 2.17. The number of H-pyrrole nitrogens is 2. The number of rotatable bonds is 5. The molecule has 5 aromatic heterocycles. The van der Waals surface area contributed by atoms with Crippen LogP contribution in [0.5, 0.6) is 0 Å². The van der Waals surface area contributed by atoms with Crippen LogP contribution in [-0.4, -0.2) is 29.9 Å². The van der Waals surface area contributed by atoms with Crippen LogP contribution in [0.25, 0.3) is 39.1 Å². The first-order chi connectivity index (χ1) is 14.6. The van der Waals surface area contributed by atoms with E-state index < -0.39 is 0 Å². The Morgan fingerprint density at radius 3 is 2.90 bits per heavy atom. The van der Waals surface area contributed by atoms with E-state index in [-0.39, 0.29) is 0 Å². The van der Waals surface area contributed by atoms with Crippen molar-refractivity contribution in [1.82, 2.24) is 29.9 Å². The Morgan fingerprint density at radius 1 is 1.27 bits per heavy atom. The third-order valence-electron chi connectivity index (χ3n) is 5.08. The van der Waals surface area contributed by atoms with Crippen molar-refractivity contribution in [2.24, 2.45) is 7.05 Å². The minimum absolute atomic E-state index is 0.868. The lowest BCUT2D eigenvalue weighted by atomic mass is 10.0. The van der Waals surface area contributed by atoms with E-state index in [1.807, 2.05) is 31.7 Å². The van der Waals surface area contributed by atoms with Gasteiger partial charge in [-0.1, -0.05) is 24.8 Å². The van der Waals surface area contributed by atoms with Gasteiger partial charge in [-0.15, -0.1) is 11.3 Å². The van der Waals surface area contributed by atoms with Gasteiger partial charge in [0.25, 0.3) is 0 Å². The van der Waals surface area contributed by atoms with E-state index >= 15 is 0 Å². The fraction of sp³-hybridized carbons (Fsp3) is 0.0870. The summed E-state index contributed by atoms with van der Waals surface area (Å²) in [4.78, 5) is 9.27. The predicted molar refractivity (Wildman–Crippen MR) is 122 cm³/mol. The highest BCUT2D eigenvalue weighted by molar-refractivity contribution is 7.11. The van der Waals surface area contributed by atoms with E-state index in [9.17, 15) is 0 Å². The van der Waals surface area contributed by atoms with Crippen molar-refractivity contribution in [2.45, 2.75) is 6.92 Å². The first-order valence-electron chi connectivity index (χ1n) is 9.54. The first kappa shape index (κ1) is 18.3. The zero-order valence-corrected chi connectivity index (χ0v) is 17.5. The Hall–Kier alpha value is -3.71. The molecule has 5 rings (SSSR count). The molecule has 6 nitrogen and oxygen atoms in total. The molecule has 0 aliphatic carbocycles. The van der Waals surface area contributed by atoms with Gasteiger partial charge in [0.05, 0.1) is 29.3 Å². The van der Waals surface area contributed by atoms with E-state index in [0.29, 0.717) is 0 Å². The highest BCUT2D eigenvalue weighted by Crippen LogP contribution is 2.34. The summed E-state index contributed by atoms with van der Waals surface area (Å²) >= 11 is 1.72. The Balaban J connectivity index is 1.62. The zero-order chi connectivity index (χ0) is 20.7.